The summed E-state index contributed by atoms with van der Waals surface area (Å²) in [5.41, 5.74) is -0.0589. The van der Waals surface area contributed by atoms with E-state index in [0.717, 1.165) is 4.90 Å². The number of imide groups is 1. The fraction of sp³-hybridized carbons (Fsp3) is 0.150. The van der Waals surface area contributed by atoms with Gasteiger partial charge in [-0.15, -0.1) is 0 Å². The predicted molar refractivity (Wildman–Crippen MR) is 108 cm³/mol. The fourth-order valence-electron chi connectivity index (χ4n) is 3.33. The molecule has 0 spiro atoms. The lowest BCUT2D eigenvalue weighted by Gasteiger charge is -2.13. The smallest absolute Gasteiger partial charge is 0.282 e. The standard InChI is InChI=1S/C20H16N6O5/c1-12-11-16(25(23-12)15-7-2-3-9-21-15)22-17(27)8-10-24-19(28)13-5-4-6-14(26(30)31)18(13)20(24)29/h2-7,9,11H,8,10H2,1H3,(H,22,27). The van der Waals surface area contributed by atoms with Crippen LogP contribution in [0.4, 0.5) is 11.5 Å². The number of fused-ring (bicyclic) bond motifs is 1. The number of benzene rings is 1. The Kier molecular flexibility index (Phi) is 4.99. The van der Waals surface area contributed by atoms with Gasteiger partial charge in [0.1, 0.15) is 11.4 Å². The van der Waals surface area contributed by atoms with Crippen LogP contribution in [0.2, 0.25) is 0 Å². The number of nitrogens with zero attached hydrogens (tertiary/aromatic N) is 5. The van der Waals surface area contributed by atoms with Gasteiger partial charge < -0.3 is 5.32 Å². The number of anilines is 1. The number of carbonyl (C=O) groups excluding carboxylic acids is 3. The van der Waals surface area contributed by atoms with Crippen LogP contribution in [0.1, 0.15) is 32.8 Å². The highest BCUT2D eigenvalue weighted by molar-refractivity contribution is 6.23. The molecule has 156 valence electrons. The van der Waals surface area contributed by atoms with Gasteiger partial charge in [-0.1, -0.05) is 12.1 Å². The Morgan fingerprint density at radius 2 is 1.97 bits per heavy atom. The monoisotopic (exact) mass is 420 g/mol. The van der Waals surface area contributed by atoms with Crippen molar-refractivity contribution in [2.75, 3.05) is 11.9 Å². The summed E-state index contributed by atoms with van der Waals surface area (Å²) in [4.78, 5) is 53.1. The molecule has 1 aliphatic rings. The number of hydrogen-bond donors (Lipinski definition) is 1. The van der Waals surface area contributed by atoms with Crippen LogP contribution in [0.15, 0.2) is 48.7 Å². The molecule has 0 fully saturated rings. The van der Waals surface area contributed by atoms with Crippen LogP contribution >= 0.6 is 0 Å². The third-order valence-electron chi connectivity index (χ3n) is 4.70. The third kappa shape index (κ3) is 3.64. The van der Waals surface area contributed by atoms with Crippen molar-refractivity contribution in [2.24, 2.45) is 0 Å². The zero-order chi connectivity index (χ0) is 22.1. The first kappa shape index (κ1) is 19.9. The van der Waals surface area contributed by atoms with Crippen molar-refractivity contribution < 1.29 is 19.3 Å². The van der Waals surface area contributed by atoms with Gasteiger partial charge in [-0.3, -0.25) is 29.4 Å². The summed E-state index contributed by atoms with van der Waals surface area (Å²) in [5, 5.41) is 18.2. The Balaban J connectivity index is 1.47. The Morgan fingerprint density at radius 3 is 2.68 bits per heavy atom. The Labute approximate surface area is 175 Å². The molecule has 1 aliphatic heterocycles. The maximum atomic E-state index is 12.6. The topological polar surface area (TPSA) is 140 Å². The number of pyridine rings is 1. The van der Waals surface area contributed by atoms with Crippen LogP contribution in [-0.2, 0) is 4.79 Å². The number of nitro benzene ring substituents is 1. The SMILES string of the molecule is Cc1cc(NC(=O)CCN2C(=O)c3cccc([N+](=O)[O-])c3C2=O)n(-c2ccccn2)n1. The highest BCUT2D eigenvalue weighted by Gasteiger charge is 2.40. The minimum absolute atomic E-state index is 0.0385. The summed E-state index contributed by atoms with van der Waals surface area (Å²) in [6, 6.07) is 10.8. The largest absolute Gasteiger partial charge is 0.310 e. The summed E-state index contributed by atoms with van der Waals surface area (Å²) < 4.78 is 1.47. The van der Waals surface area contributed by atoms with Crippen molar-refractivity contribution in [3.63, 3.8) is 0 Å². The fourth-order valence-corrected chi connectivity index (χ4v) is 3.33. The van der Waals surface area contributed by atoms with Crippen LogP contribution < -0.4 is 5.32 Å². The summed E-state index contributed by atoms with van der Waals surface area (Å²) in [6.07, 6.45) is 1.41. The lowest BCUT2D eigenvalue weighted by Crippen LogP contribution is -2.33. The lowest BCUT2D eigenvalue weighted by molar-refractivity contribution is -0.385. The number of nitrogens with one attached hydrogen (secondary N) is 1. The van der Waals surface area contributed by atoms with Crippen LogP contribution in [0.5, 0.6) is 0 Å². The van der Waals surface area contributed by atoms with Crippen molar-refractivity contribution >= 4 is 29.2 Å². The number of amides is 3. The molecule has 3 aromatic rings. The number of nitro groups is 1. The highest BCUT2D eigenvalue weighted by atomic mass is 16.6. The lowest BCUT2D eigenvalue weighted by atomic mass is 10.1. The predicted octanol–water partition coefficient (Wildman–Crippen LogP) is 2.11. The molecule has 0 radical (unpaired) electrons. The highest BCUT2D eigenvalue weighted by Crippen LogP contribution is 2.30. The minimum atomic E-state index is -0.783. The van der Waals surface area contributed by atoms with Crippen LogP contribution in [0.25, 0.3) is 5.82 Å². The Bertz CT molecular complexity index is 1220. The van der Waals surface area contributed by atoms with E-state index in [1.165, 1.54) is 22.9 Å². The van der Waals surface area contributed by atoms with E-state index in [1.807, 2.05) is 0 Å². The van der Waals surface area contributed by atoms with E-state index in [4.69, 9.17) is 0 Å². The molecule has 4 rings (SSSR count). The van der Waals surface area contributed by atoms with E-state index in [1.54, 1.807) is 37.4 Å². The normalized spacial score (nSPS) is 12.7. The quantitative estimate of drug-likeness (QED) is 0.366. The molecule has 3 heterocycles. The van der Waals surface area contributed by atoms with Crippen molar-refractivity contribution in [3.8, 4) is 5.82 Å². The Morgan fingerprint density at radius 1 is 1.16 bits per heavy atom. The third-order valence-corrected chi connectivity index (χ3v) is 4.70. The molecule has 0 atom stereocenters. The second kappa shape index (κ2) is 7.78. The van der Waals surface area contributed by atoms with Crippen LogP contribution in [0.3, 0.4) is 0 Å². The van der Waals surface area contributed by atoms with E-state index < -0.39 is 28.3 Å². The second-order valence-corrected chi connectivity index (χ2v) is 6.79. The van der Waals surface area contributed by atoms with Crippen LogP contribution in [-0.4, -0.2) is 48.9 Å². The van der Waals surface area contributed by atoms with Gasteiger partial charge >= 0.3 is 0 Å². The second-order valence-electron chi connectivity index (χ2n) is 6.79. The molecule has 1 N–H and O–H groups in total. The van der Waals surface area contributed by atoms with Crippen LogP contribution in [0, 0.1) is 17.0 Å². The zero-order valence-electron chi connectivity index (χ0n) is 16.3. The summed E-state index contributed by atoms with van der Waals surface area (Å²) in [5.74, 6) is -0.999. The molecule has 0 unspecified atom stereocenters. The van der Waals surface area contributed by atoms with Gasteiger partial charge in [-0.25, -0.2) is 4.98 Å². The number of hydrogen-bond acceptors (Lipinski definition) is 7. The molecule has 0 aliphatic carbocycles. The van der Waals surface area contributed by atoms with Gasteiger partial charge in [0.25, 0.3) is 17.5 Å². The molecular weight excluding hydrogens is 404 g/mol. The van der Waals surface area contributed by atoms with Crippen molar-refractivity contribution in [1.29, 1.82) is 0 Å². The number of carbonyl (C=O) groups is 3. The van der Waals surface area contributed by atoms with Crippen molar-refractivity contribution in [2.45, 2.75) is 13.3 Å². The molecule has 2 aromatic heterocycles. The van der Waals surface area contributed by atoms with E-state index in [-0.39, 0.29) is 24.1 Å². The number of rotatable bonds is 6. The van der Waals surface area contributed by atoms with Gasteiger partial charge in [0, 0.05) is 31.3 Å². The molecule has 0 bridgehead atoms. The molecule has 0 saturated carbocycles. The Hall–Kier alpha value is -4.41. The molecule has 11 nitrogen and oxygen atoms in total. The van der Waals surface area contributed by atoms with E-state index >= 15 is 0 Å². The van der Waals surface area contributed by atoms with E-state index in [0.29, 0.717) is 17.3 Å². The van der Waals surface area contributed by atoms with Gasteiger partial charge in [0.05, 0.1) is 16.2 Å². The van der Waals surface area contributed by atoms with Gasteiger partial charge in [0.15, 0.2) is 5.82 Å². The van der Waals surface area contributed by atoms with Gasteiger partial charge in [-0.2, -0.15) is 9.78 Å². The minimum Gasteiger partial charge on any atom is -0.310 e. The van der Waals surface area contributed by atoms with E-state index in [9.17, 15) is 24.5 Å². The van der Waals surface area contributed by atoms with Gasteiger partial charge in [-0.05, 0) is 25.1 Å². The molecule has 1 aromatic carbocycles. The van der Waals surface area contributed by atoms with Crippen molar-refractivity contribution in [3.05, 3.63) is 75.6 Å². The summed E-state index contributed by atoms with van der Waals surface area (Å²) in [7, 11) is 0. The summed E-state index contributed by atoms with van der Waals surface area (Å²) in [6.45, 7) is 1.55. The molecule has 0 saturated heterocycles. The summed E-state index contributed by atoms with van der Waals surface area (Å²) >= 11 is 0. The number of aryl methyl sites for hydroxylation is 1. The maximum Gasteiger partial charge on any atom is 0.282 e. The zero-order valence-corrected chi connectivity index (χ0v) is 16.3. The van der Waals surface area contributed by atoms with Crippen molar-refractivity contribution in [1.82, 2.24) is 19.7 Å². The first-order valence-corrected chi connectivity index (χ1v) is 9.28. The maximum absolute atomic E-state index is 12.6. The molecule has 31 heavy (non-hydrogen) atoms. The molecular formula is C20H16N6O5. The van der Waals surface area contributed by atoms with Gasteiger partial charge in [0.2, 0.25) is 5.91 Å². The number of aromatic nitrogens is 3. The van der Waals surface area contributed by atoms with E-state index in [2.05, 4.69) is 15.4 Å². The average molecular weight is 420 g/mol. The average Bonchev–Trinajstić information content (AvgIpc) is 3.24. The molecule has 11 heteroatoms. The molecule has 3 amide bonds. The first-order chi connectivity index (χ1) is 14.9. The first-order valence-electron chi connectivity index (χ1n) is 9.28.